The largest absolute Gasteiger partial charge is 0.242 e. The van der Waals surface area contributed by atoms with Crippen LogP contribution < -0.4 is 0 Å². The first-order valence-electron chi connectivity index (χ1n) is 10.3. The van der Waals surface area contributed by atoms with Crippen LogP contribution in [0.4, 0.5) is 0 Å². The fraction of sp³-hybridized carbons (Fsp3) is 0.231. The van der Waals surface area contributed by atoms with Crippen LogP contribution in [0.25, 0.3) is 22.0 Å². The molecule has 2 aromatic carbocycles. The van der Waals surface area contributed by atoms with Crippen LogP contribution in [-0.4, -0.2) is 20.8 Å². The molecule has 30 heavy (non-hydrogen) atoms. The van der Waals surface area contributed by atoms with E-state index in [0.29, 0.717) is 0 Å². The molecule has 0 spiro atoms. The molecule has 0 bridgehead atoms. The Labute approximate surface area is 178 Å². The summed E-state index contributed by atoms with van der Waals surface area (Å²) in [6.07, 6.45) is 0. The number of benzene rings is 2. The van der Waals surface area contributed by atoms with E-state index in [-0.39, 0.29) is 0 Å². The van der Waals surface area contributed by atoms with Gasteiger partial charge in [-0.1, -0.05) is 42.5 Å². The summed E-state index contributed by atoms with van der Waals surface area (Å²) >= 11 is 0. The van der Waals surface area contributed by atoms with E-state index in [1.165, 1.54) is 21.9 Å². The van der Waals surface area contributed by atoms with Crippen LogP contribution in [-0.2, 0) is 0 Å². The van der Waals surface area contributed by atoms with Crippen molar-refractivity contribution in [2.45, 2.75) is 41.5 Å². The molecule has 0 aliphatic rings. The molecule has 0 saturated carbocycles. The molecule has 0 fully saturated rings. The molecule has 0 aliphatic heterocycles. The highest BCUT2D eigenvalue weighted by Gasteiger charge is 2.14. The van der Waals surface area contributed by atoms with Gasteiger partial charge in [0.1, 0.15) is 0 Å². The minimum atomic E-state index is 0.891. The van der Waals surface area contributed by atoms with E-state index in [4.69, 9.17) is 10.2 Å². The van der Waals surface area contributed by atoms with E-state index >= 15 is 0 Å². The van der Waals surface area contributed by atoms with E-state index in [9.17, 15) is 0 Å². The molecule has 4 nitrogen and oxygen atoms in total. The van der Waals surface area contributed by atoms with Gasteiger partial charge in [0.15, 0.2) is 0 Å². The standard InChI is InChI=1S/C26H28N4/c1-17-16-26(25-13-9-11-23-10-7-8-12-24(23)25)30(22(17)6)28-21(5)20(4)27-29-18(2)14-15-19(29)3/h7-16H,1-6H3/b27-20-,28-21-. The topological polar surface area (TPSA) is 34.6 Å². The molecule has 4 heteroatoms. The van der Waals surface area contributed by atoms with Gasteiger partial charge >= 0.3 is 0 Å². The van der Waals surface area contributed by atoms with Crippen LogP contribution in [0, 0.1) is 27.7 Å². The molecule has 152 valence electrons. The van der Waals surface area contributed by atoms with Crippen molar-refractivity contribution < 1.29 is 0 Å². The van der Waals surface area contributed by atoms with E-state index in [0.717, 1.165) is 34.2 Å². The monoisotopic (exact) mass is 396 g/mol. The van der Waals surface area contributed by atoms with Crippen molar-refractivity contribution in [2.24, 2.45) is 10.2 Å². The molecule has 4 aromatic rings. The molecule has 2 aromatic heterocycles. The van der Waals surface area contributed by atoms with Gasteiger partial charge in [-0.15, -0.1) is 0 Å². The Morgan fingerprint density at radius 3 is 2.00 bits per heavy atom. The van der Waals surface area contributed by atoms with E-state index in [1.54, 1.807) is 0 Å². The maximum atomic E-state index is 4.99. The van der Waals surface area contributed by atoms with Crippen molar-refractivity contribution in [2.75, 3.05) is 0 Å². The lowest BCUT2D eigenvalue weighted by Crippen LogP contribution is -2.12. The Hall–Kier alpha value is -3.40. The predicted octanol–water partition coefficient (Wildman–Crippen LogP) is 6.49. The average molecular weight is 397 g/mol. The summed E-state index contributed by atoms with van der Waals surface area (Å²) in [5.41, 5.74) is 8.66. The molecule has 0 N–H and O–H groups in total. The minimum Gasteiger partial charge on any atom is -0.242 e. The third-order valence-corrected chi connectivity index (χ3v) is 5.79. The van der Waals surface area contributed by atoms with Crippen molar-refractivity contribution in [3.63, 3.8) is 0 Å². The minimum absolute atomic E-state index is 0.891. The van der Waals surface area contributed by atoms with Gasteiger partial charge in [-0.05, 0) is 76.1 Å². The van der Waals surface area contributed by atoms with Crippen LogP contribution in [0.3, 0.4) is 0 Å². The second kappa shape index (κ2) is 7.79. The number of nitrogens with zero attached hydrogens (tertiary/aromatic N) is 4. The lowest BCUT2D eigenvalue weighted by molar-refractivity contribution is 0.812. The highest BCUT2D eigenvalue weighted by molar-refractivity contribution is 6.40. The first-order chi connectivity index (χ1) is 14.4. The molecule has 0 atom stereocenters. The van der Waals surface area contributed by atoms with Crippen molar-refractivity contribution in [3.8, 4) is 11.3 Å². The van der Waals surface area contributed by atoms with Gasteiger partial charge in [-0.3, -0.25) is 0 Å². The first-order valence-corrected chi connectivity index (χ1v) is 10.3. The molecular weight excluding hydrogens is 368 g/mol. The Morgan fingerprint density at radius 1 is 0.700 bits per heavy atom. The van der Waals surface area contributed by atoms with Gasteiger partial charge in [0, 0.05) is 22.6 Å². The summed E-state index contributed by atoms with van der Waals surface area (Å²) < 4.78 is 4.02. The summed E-state index contributed by atoms with van der Waals surface area (Å²) in [7, 11) is 0. The van der Waals surface area contributed by atoms with Crippen molar-refractivity contribution >= 4 is 22.2 Å². The van der Waals surface area contributed by atoms with Crippen LogP contribution in [0.2, 0.25) is 0 Å². The third kappa shape index (κ3) is 3.50. The molecule has 0 saturated heterocycles. The zero-order chi connectivity index (χ0) is 21.4. The summed E-state index contributed by atoms with van der Waals surface area (Å²) in [5, 5.41) is 12.2. The van der Waals surface area contributed by atoms with Crippen molar-refractivity contribution in [3.05, 3.63) is 83.3 Å². The smallest absolute Gasteiger partial charge is 0.0812 e. The molecule has 4 rings (SSSR count). The number of hydrogen-bond donors (Lipinski definition) is 0. The van der Waals surface area contributed by atoms with E-state index < -0.39 is 0 Å². The normalized spacial score (nSPS) is 12.7. The number of aryl methyl sites for hydroxylation is 3. The Bertz CT molecular complexity index is 1270. The first kappa shape index (κ1) is 19.9. The molecule has 2 heterocycles. The SMILES string of the molecule is CC(=N/n1c(C)ccc1C)/C(C)=N\n1c(-c2cccc3ccccc23)cc(C)c1C. The zero-order valence-electron chi connectivity index (χ0n) is 18.6. The number of hydrogen-bond acceptors (Lipinski definition) is 2. The molecule has 0 amide bonds. The molecule has 0 unspecified atom stereocenters. The fourth-order valence-electron chi connectivity index (χ4n) is 3.75. The predicted molar refractivity (Wildman–Crippen MR) is 128 cm³/mol. The second-order valence-electron chi connectivity index (χ2n) is 7.94. The van der Waals surface area contributed by atoms with Gasteiger partial charge in [-0.2, -0.15) is 10.2 Å². The molecule has 0 aliphatic carbocycles. The van der Waals surface area contributed by atoms with Crippen LogP contribution in [0.15, 0.2) is 70.9 Å². The van der Waals surface area contributed by atoms with Crippen molar-refractivity contribution in [1.82, 2.24) is 9.35 Å². The van der Waals surface area contributed by atoms with Gasteiger partial charge in [-0.25, -0.2) is 9.35 Å². The van der Waals surface area contributed by atoms with Gasteiger partial charge in [0.05, 0.1) is 17.1 Å². The third-order valence-electron chi connectivity index (χ3n) is 5.79. The van der Waals surface area contributed by atoms with Crippen LogP contribution >= 0.6 is 0 Å². The molecule has 0 radical (unpaired) electrons. The zero-order valence-corrected chi connectivity index (χ0v) is 18.6. The Kier molecular flexibility index (Phi) is 5.17. The van der Waals surface area contributed by atoms with Gasteiger partial charge in [0.25, 0.3) is 0 Å². The lowest BCUT2D eigenvalue weighted by atomic mass is 10.0. The number of rotatable bonds is 4. The highest BCUT2D eigenvalue weighted by Crippen LogP contribution is 2.31. The average Bonchev–Trinajstić information content (AvgIpc) is 3.21. The van der Waals surface area contributed by atoms with Gasteiger partial charge < -0.3 is 0 Å². The lowest BCUT2D eigenvalue weighted by Gasteiger charge is -2.11. The van der Waals surface area contributed by atoms with E-state index in [1.807, 2.05) is 18.5 Å². The summed E-state index contributed by atoms with van der Waals surface area (Å²) in [6, 6.07) is 21.3. The maximum absolute atomic E-state index is 4.99. The Balaban J connectivity index is 1.84. The highest BCUT2D eigenvalue weighted by atomic mass is 15.4. The maximum Gasteiger partial charge on any atom is 0.0812 e. The summed E-state index contributed by atoms with van der Waals surface area (Å²) in [6.45, 7) is 12.4. The number of fused-ring (bicyclic) bond motifs is 1. The summed E-state index contributed by atoms with van der Waals surface area (Å²) in [4.78, 5) is 0. The Morgan fingerprint density at radius 2 is 1.30 bits per heavy atom. The van der Waals surface area contributed by atoms with Crippen LogP contribution in [0.1, 0.15) is 36.5 Å². The van der Waals surface area contributed by atoms with Crippen LogP contribution in [0.5, 0.6) is 0 Å². The summed E-state index contributed by atoms with van der Waals surface area (Å²) in [5.74, 6) is 0. The van der Waals surface area contributed by atoms with E-state index in [2.05, 4.69) is 93.0 Å². The van der Waals surface area contributed by atoms with Gasteiger partial charge in [0.2, 0.25) is 0 Å². The second-order valence-corrected chi connectivity index (χ2v) is 7.94. The number of aromatic nitrogens is 2. The quantitative estimate of drug-likeness (QED) is 0.353. The fourth-order valence-corrected chi connectivity index (χ4v) is 3.75. The molecular formula is C26H28N4. The van der Waals surface area contributed by atoms with Crippen molar-refractivity contribution in [1.29, 1.82) is 0 Å².